The topological polar surface area (TPSA) is 84.7 Å². The van der Waals surface area contributed by atoms with Crippen LogP contribution in [0.25, 0.3) is 0 Å². The number of nitro benzene ring substituents is 1. The summed E-state index contributed by atoms with van der Waals surface area (Å²) in [6, 6.07) is 4.06. The van der Waals surface area contributed by atoms with Gasteiger partial charge in [-0.15, -0.1) is 0 Å². The van der Waals surface area contributed by atoms with E-state index >= 15 is 0 Å². The summed E-state index contributed by atoms with van der Waals surface area (Å²) in [5.41, 5.74) is 0.229. The summed E-state index contributed by atoms with van der Waals surface area (Å²) >= 11 is 0. The van der Waals surface area contributed by atoms with E-state index in [1.807, 2.05) is 6.92 Å². The summed E-state index contributed by atoms with van der Waals surface area (Å²) in [6.45, 7) is 2.70. The molecule has 1 saturated heterocycles. The van der Waals surface area contributed by atoms with Crippen LogP contribution in [-0.2, 0) is 0 Å². The molecule has 0 unspecified atom stereocenters. The molecule has 0 aromatic heterocycles. The Hall–Kier alpha value is -2.31. The van der Waals surface area contributed by atoms with Crippen molar-refractivity contribution >= 4 is 17.4 Å². The van der Waals surface area contributed by atoms with Gasteiger partial charge in [0.05, 0.1) is 17.7 Å². The molecule has 0 saturated carbocycles. The van der Waals surface area contributed by atoms with Crippen molar-refractivity contribution in [1.29, 1.82) is 0 Å². The van der Waals surface area contributed by atoms with Gasteiger partial charge in [-0.2, -0.15) is 0 Å². The molecule has 0 aliphatic carbocycles. The summed E-state index contributed by atoms with van der Waals surface area (Å²) in [7, 11) is 1.46. The van der Waals surface area contributed by atoms with E-state index in [1.165, 1.54) is 25.3 Å². The molecule has 1 aromatic carbocycles. The zero-order valence-electron chi connectivity index (χ0n) is 12.2. The SMILES string of the molecule is COc1ccc([N+](=O)[O-])cc1NC(=O)N1CCCC[C@H]1C. The molecule has 0 radical (unpaired) electrons. The fourth-order valence-corrected chi connectivity index (χ4v) is 2.49. The van der Waals surface area contributed by atoms with Gasteiger partial charge in [0.2, 0.25) is 0 Å². The number of anilines is 1. The minimum Gasteiger partial charge on any atom is -0.495 e. The molecule has 1 fully saturated rings. The maximum Gasteiger partial charge on any atom is 0.322 e. The van der Waals surface area contributed by atoms with Gasteiger partial charge in [0.1, 0.15) is 5.75 Å². The van der Waals surface area contributed by atoms with E-state index in [2.05, 4.69) is 5.32 Å². The van der Waals surface area contributed by atoms with Crippen LogP contribution in [0.2, 0.25) is 0 Å². The number of carbonyl (C=O) groups excluding carboxylic acids is 1. The second-order valence-corrected chi connectivity index (χ2v) is 5.11. The Labute approximate surface area is 123 Å². The Morgan fingerprint density at radius 1 is 1.48 bits per heavy atom. The minimum absolute atomic E-state index is 0.0854. The summed E-state index contributed by atoms with van der Waals surface area (Å²) in [5, 5.41) is 13.5. The number of piperidine rings is 1. The standard InChI is InChI=1S/C14H19N3O4/c1-10-5-3-4-8-16(10)14(18)15-12-9-11(17(19)20)6-7-13(12)21-2/h6-7,9-10H,3-5,8H2,1-2H3,(H,15,18)/t10-/m1/s1. The highest BCUT2D eigenvalue weighted by Crippen LogP contribution is 2.29. The quantitative estimate of drug-likeness (QED) is 0.685. The van der Waals surface area contributed by atoms with E-state index in [1.54, 1.807) is 4.90 Å². The number of methoxy groups -OCH3 is 1. The molecule has 7 heteroatoms. The lowest BCUT2D eigenvalue weighted by atomic mass is 10.0. The molecular weight excluding hydrogens is 274 g/mol. The summed E-state index contributed by atoms with van der Waals surface area (Å²) in [4.78, 5) is 24.4. The molecule has 0 spiro atoms. The van der Waals surface area contributed by atoms with Gasteiger partial charge in [0.15, 0.2) is 0 Å². The van der Waals surface area contributed by atoms with Crippen LogP contribution >= 0.6 is 0 Å². The van der Waals surface area contributed by atoms with Gasteiger partial charge in [-0.3, -0.25) is 10.1 Å². The van der Waals surface area contributed by atoms with Crippen molar-refractivity contribution < 1.29 is 14.5 Å². The molecule has 2 amide bonds. The zero-order valence-corrected chi connectivity index (χ0v) is 12.2. The monoisotopic (exact) mass is 293 g/mol. The first-order valence-corrected chi connectivity index (χ1v) is 6.93. The smallest absolute Gasteiger partial charge is 0.322 e. The molecule has 21 heavy (non-hydrogen) atoms. The lowest BCUT2D eigenvalue weighted by molar-refractivity contribution is -0.384. The predicted molar refractivity (Wildman–Crippen MR) is 78.7 cm³/mol. The van der Waals surface area contributed by atoms with Crippen molar-refractivity contribution in [2.24, 2.45) is 0 Å². The number of ether oxygens (including phenoxy) is 1. The number of amides is 2. The number of likely N-dealkylation sites (tertiary alicyclic amines) is 1. The number of non-ortho nitro benzene ring substituents is 1. The number of hydrogen-bond donors (Lipinski definition) is 1. The molecule has 1 aliphatic heterocycles. The molecule has 1 heterocycles. The van der Waals surface area contributed by atoms with Crippen LogP contribution in [0.5, 0.6) is 5.75 Å². The Morgan fingerprint density at radius 2 is 2.24 bits per heavy atom. The van der Waals surface area contributed by atoms with Crippen LogP contribution in [-0.4, -0.2) is 35.6 Å². The maximum atomic E-state index is 12.3. The third-order valence-electron chi connectivity index (χ3n) is 3.70. The van der Waals surface area contributed by atoms with Gasteiger partial charge in [-0.05, 0) is 32.3 Å². The summed E-state index contributed by atoms with van der Waals surface area (Å²) in [5.74, 6) is 0.401. The Balaban J connectivity index is 2.19. The fraction of sp³-hybridized carbons (Fsp3) is 0.500. The minimum atomic E-state index is -0.501. The largest absolute Gasteiger partial charge is 0.495 e. The number of urea groups is 1. The van der Waals surface area contributed by atoms with Crippen LogP contribution in [0.4, 0.5) is 16.2 Å². The molecule has 0 bridgehead atoms. The first-order chi connectivity index (χ1) is 10.0. The average molecular weight is 293 g/mol. The van der Waals surface area contributed by atoms with Crippen molar-refractivity contribution in [1.82, 2.24) is 4.90 Å². The van der Waals surface area contributed by atoms with E-state index in [9.17, 15) is 14.9 Å². The Morgan fingerprint density at radius 3 is 2.86 bits per heavy atom. The molecule has 2 rings (SSSR count). The Kier molecular flexibility index (Phi) is 4.62. The van der Waals surface area contributed by atoms with Gasteiger partial charge in [-0.25, -0.2) is 4.79 Å². The number of carbonyl (C=O) groups is 1. The summed E-state index contributed by atoms with van der Waals surface area (Å²) in [6.07, 6.45) is 3.06. The third kappa shape index (κ3) is 3.42. The Bertz CT molecular complexity index is 547. The van der Waals surface area contributed by atoms with Crippen molar-refractivity contribution in [3.8, 4) is 5.75 Å². The second-order valence-electron chi connectivity index (χ2n) is 5.11. The summed E-state index contributed by atoms with van der Waals surface area (Å²) < 4.78 is 5.14. The number of nitrogens with zero attached hydrogens (tertiary/aromatic N) is 2. The lowest BCUT2D eigenvalue weighted by Crippen LogP contribution is -2.44. The molecule has 1 aliphatic rings. The van der Waals surface area contributed by atoms with Gasteiger partial charge in [0, 0.05) is 24.7 Å². The van der Waals surface area contributed by atoms with E-state index in [-0.39, 0.29) is 17.8 Å². The van der Waals surface area contributed by atoms with Gasteiger partial charge in [-0.1, -0.05) is 0 Å². The van der Waals surface area contributed by atoms with Crippen LogP contribution < -0.4 is 10.1 Å². The molecule has 1 N–H and O–H groups in total. The van der Waals surface area contributed by atoms with Crippen molar-refractivity contribution in [2.45, 2.75) is 32.2 Å². The third-order valence-corrected chi connectivity index (χ3v) is 3.70. The van der Waals surface area contributed by atoms with E-state index in [0.29, 0.717) is 18.0 Å². The van der Waals surface area contributed by atoms with Crippen molar-refractivity contribution in [3.05, 3.63) is 28.3 Å². The molecular formula is C14H19N3O4. The van der Waals surface area contributed by atoms with Crippen LogP contribution in [0.1, 0.15) is 26.2 Å². The van der Waals surface area contributed by atoms with Gasteiger partial charge in [0.25, 0.3) is 5.69 Å². The number of rotatable bonds is 3. The number of benzene rings is 1. The second kappa shape index (κ2) is 6.43. The molecule has 7 nitrogen and oxygen atoms in total. The number of hydrogen-bond acceptors (Lipinski definition) is 4. The highest BCUT2D eigenvalue weighted by Gasteiger charge is 2.24. The normalized spacial score (nSPS) is 18.2. The van der Waals surface area contributed by atoms with E-state index in [0.717, 1.165) is 19.3 Å². The molecule has 1 atom stereocenters. The highest BCUT2D eigenvalue weighted by molar-refractivity contribution is 5.91. The molecule has 114 valence electrons. The maximum absolute atomic E-state index is 12.3. The van der Waals surface area contributed by atoms with Crippen molar-refractivity contribution in [3.63, 3.8) is 0 Å². The van der Waals surface area contributed by atoms with E-state index < -0.39 is 4.92 Å². The number of nitro groups is 1. The first kappa shape index (κ1) is 15.1. The van der Waals surface area contributed by atoms with Crippen molar-refractivity contribution in [2.75, 3.05) is 19.0 Å². The fourth-order valence-electron chi connectivity index (χ4n) is 2.49. The van der Waals surface area contributed by atoms with Gasteiger partial charge >= 0.3 is 6.03 Å². The van der Waals surface area contributed by atoms with Gasteiger partial charge < -0.3 is 15.0 Å². The highest BCUT2D eigenvalue weighted by atomic mass is 16.6. The van der Waals surface area contributed by atoms with E-state index in [4.69, 9.17) is 4.74 Å². The average Bonchev–Trinajstić information content (AvgIpc) is 2.47. The van der Waals surface area contributed by atoms with Crippen LogP contribution in [0.3, 0.4) is 0 Å². The predicted octanol–water partition coefficient (Wildman–Crippen LogP) is 3.01. The zero-order chi connectivity index (χ0) is 15.4. The molecule has 1 aromatic rings. The lowest BCUT2D eigenvalue weighted by Gasteiger charge is -2.33. The van der Waals surface area contributed by atoms with Crippen LogP contribution in [0.15, 0.2) is 18.2 Å². The van der Waals surface area contributed by atoms with Crippen LogP contribution in [0, 0.1) is 10.1 Å². The first-order valence-electron chi connectivity index (χ1n) is 6.93. The number of nitrogens with one attached hydrogen (secondary N) is 1.